The van der Waals surface area contributed by atoms with Gasteiger partial charge in [-0.3, -0.25) is 14.5 Å². The van der Waals surface area contributed by atoms with Crippen LogP contribution in [0.1, 0.15) is 33.3 Å². The molecule has 3 heterocycles. The fourth-order valence-corrected chi connectivity index (χ4v) is 4.69. The molecule has 4 aromatic rings. The molecule has 0 radical (unpaired) electrons. The number of hydrogen-bond donors (Lipinski definition) is 1. The Morgan fingerprint density at radius 1 is 1.18 bits per heavy atom. The lowest BCUT2D eigenvalue weighted by Gasteiger charge is -2.25. The average Bonchev–Trinajstić information content (AvgIpc) is 3.08. The molecule has 1 aliphatic heterocycles. The van der Waals surface area contributed by atoms with E-state index in [0.717, 1.165) is 5.56 Å². The van der Waals surface area contributed by atoms with Crippen LogP contribution in [0.4, 0.5) is 5.82 Å². The van der Waals surface area contributed by atoms with Crippen LogP contribution < -0.4 is 15.1 Å². The third-order valence-corrected chi connectivity index (χ3v) is 6.41. The number of fused-ring (bicyclic) bond motifs is 2. The van der Waals surface area contributed by atoms with Crippen LogP contribution >= 0.6 is 27.5 Å². The Bertz CT molecular complexity index is 1520. The molecule has 33 heavy (non-hydrogen) atoms. The molecule has 1 atom stereocenters. The molecule has 2 aromatic heterocycles. The number of nitrogens with zero attached hydrogens (tertiary/aromatic N) is 2. The molecule has 1 N–H and O–H groups in total. The standard InChI is InChI=1S/C24H16BrClN2O5/c1-11-5-6-27-18(7-11)28-20(12-8-15(25)22(30)17(9-12)32-2)19-21(29)14-10-13(26)3-4-16(14)33-23(19)24(28)31/h3-10,20,30H,1-2H3. The minimum Gasteiger partial charge on any atom is -0.503 e. The molecule has 5 rings (SSSR count). The maximum absolute atomic E-state index is 13.6. The first-order valence-corrected chi connectivity index (χ1v) is 11.1. The number of benzene rings is 2. The Morgan fingerprint density at radius 3 is 2.70 bits per heavy atom. The number of aromatic hydroxyl groups is 1. The largest absolute Gasteiger partial charge is 0.503 e. The number of halogens is 2. The smallest absolute Gasteiger partial charge is 0.296 e. The van der Waals surface area contributed by atoms with Gasteiger partial charge in [0.15, 0.2) is 16.9 Å². The molecular formula is C24H16BrClN2O5. The summed E-state index contributed by atoms with van der Waals surface area (Å²) in [7, 11) is 1.42. The highest BCUT2D eigenvalue weighted by atomic mass is 79.9. The van der Waals surface area contributed by atoms with E-state index in [1.807, 2.05) is 13.0 Å². The summed E-state index contributed by atoms with van der Waals surface area (Å²) in [5.41, 5.74) is 1.48. The molecule has 9 heteroatoms. The molecule has 0 fully saturated rings. The number of carbonyl (C=O) groups is 1. The van der Waals surface area contributed by atoms with Gasteiger partial charge in [-0.2, -0.15) is 0 Å². The molecule has 0 saturated carbocycles. The molecule has 1 amide bonds. The lowest BCUT2D eigenvalue weighted by Crippen LogP contribution is -2.30. The minimum absolute atomic E-state index is 0.0636. The number of amides is 1. The van der Waals surface area contributed by atoms with Crippen LogP contribution in [0.3, 0.4) is 0 Å². The van der Waals surface area contributed by atoms with Crippen LogP contribution in [-0.2, 0) is 0 Å². The first kappa shape index (κ1) is 21.5. The summed E-state index contributed by atoms with van der Waals surface area (Å²) in [6.07, 6.45) is 1.59. The van der Waals surface area contributed by atoms with Crippen molar-refractivity contribution in [3.63, 3.8) is 0 Å². The van der Waals surface area contributed by atoms with Gasteiger partial charge in [0.2, 0.25) is 5.76 Å². The SMILES string of the molecule is COc1cc(C2c3c(oc4ccc(Cl)cc4c3=O)C(=O)N2c2cc(C)ccn2)cc(Br)c1O. The summed E-state index contributed by atoms with van der Waals surface area (Å²) in [4.78, 5) is 33.0. The second-order valence-corrected chi connectivity index (χ2v) is 8.93. The normalized spacial score (nSPS) is 15.2. The number of hydrogen-bond acceptors (Lipinski definition) is 6. The Kier molecular flexibility index (Phi) is 5.14. The molecular weight excluding hydrogens is 512 g/mol. The van der Waals surface area contributed by atoms with Crippen LogP contribution in [0.2, 0.25) is 5.02 Å². The van der Waals surface area contributed by atoms with Crippen molar-refractivity contribution in [1.29, 1.82) is 0 Å². The summed E-state index contributed by atoms with van der Waals surface area (Å²) >= 11 is 9.45. The Morgan fingerprint density at radius 2 is 1.97 bits per heavy atom. The lowest BCUT2D eigenvalue weighted by molar-refractivity contribution is 0.0970. The summed E-state index contributed by atoms with van der Waals surface area (Å²) in [5.74, 6) is -0.105. The van der Waals surface area contributed by atoms with Crippen LogP contribution in [0.15, 0.2) is 62.3 Å². The molecule has 0 aliphatic carbocycles. The van der Waals surface area contributed by atoms with Crippen molar-refractivity contribution >= 4 is 50.2 Å². The van der Waals surface area contributed by atoms with Crippen LogP contribution in [0, 0.1) is 6.92 Å². The Balaban J connectivity index is 1.85. The van der Waals surface area contributed by atoms with Crippen molar-refractivity contribution in [3.8, 4) is 11.5 Å². The Labute approximate surface area is 201 Å². The highest BCUT2D eigenvalue weighted by molar-refractivity contribution is 9.10. The van der Waals surface area contributed by atoms with Crippen molar-refractivity contribution in [2.24, 2.45) is 0 Å². The van der Waals surface area contributed by atoms with Gasteiger partial charge in [0.25, 0.3) is 5.91 Å². The van der Waals surface area contributed by atoms with Crippen LogP contribution in [-0.4, -0.2) is 23.1 Å². The monoisotopic (exact) mass is 526 g/mol. The zero-order valence-electron chi connectivity index (χ0n) is 17.4. The summed E-state index contributed by atoms with van der Waals surface area (Å²) in [6, 6.07) is 10.6. The van der Waals surface area contributed by atoms with E-state index in [-0.39, 0.29) is 39.2 Å². The number of carbonyl (C=O) groups excluding carboxylic acids is 1. The predicted molar refractivity (Wildman–Crippen MR) is 127 cm³/mol. The van der Waals surface area contributed by atoms with Crippen LogP contribution in [0.5, 0.6) is 11.5 Å². The van der Waals surface area contributed by atoms with E-state index < -0.39 is 11.9 Å². The molecule has 0 saturated heterocycles. The molecule has 2 aromatic carbocycles. The van der Waals surface area contributed by atoms with Crippen molar-refractivity contribution in [2.45, 2.75) is 13.0 Å². The van der Waals surface area contributed by atoms with E-state index in [2.05, 4.69) is 20.9 Å². The van der Waals surface area contributed by atoms with Crippen molar-refractivity contribution in [3.05, 3.63) is 90.8 Å². The van der Waals surface area contributed by atoms with E-state index in [1.165, 1.54) is 18.1 Å². The fourth-order valence-electron chi connectivity index (χ4n) is 4.06. The van der Waals surface area contributed by atoms with Crippen LogP contribution in [0.25, 0.3) is 11.0 Å². The third-order valence-electron chi connectivity index (χ3n) is 5.57. The molecule has 1 aliphatic rings. The van der Waals surface area contributed by atoms with Gasteiger partial charge in [0, 0.05) is 11.2 Å². The summed E-state index contributed by atoms with van der Waals surface area (Å²) in [5, 5.41) is 10.9. The number of anilines is 1. The summed E-state index contributed by atoms with van der Waals surface area (Å²) in [6.45, 7) is 1.88. The van der Waals surface area contributed by atoms with Gasteiger partial charge in [-0.1, -0.05) is 11.6 Å². The van der Waals surface area contributed by atoms with E-state index in [9.17, 15) is 14.7 Å². The van der Waals surface area contributed by atoms with E-state index in [1.54, 1.807) is 36.5 Å². The van der Waals surface area contributed by atoms with Crippen molar-refractivity contribution in [2.75, 3.05) is 12.0 Å². The van der Waals surface area contributed by atoms with Gasteiger partial charge in [0.05, 0.1) is 28.6 Å². The molecule has 1 unspecified atom stereocenters. The zero-order chi connectivity index (χ0) is 23.4. The van der Waals surface area contributed by atoms with Gasteiger partial charge >= 0.3 is 0 Å². The van der Waals surface area contributed by atoms with Gasteiger partial charge in [-0.15, -0.1) is 0 Å². The average molecular weight is 528 g/mol. The highest BCUT2D eigenvalue weighted by Crippen LogP contribution is 2.45. The molecule has 0 bridgehead atoms. The third kappa shape index (κ3) is 3.37. The number of phenols is 1. The highest BCUT2D eigenvalue weighted by Gasteiger charge is 2.44. The van der Waals surface area contributed by atoms with E-state index in [0.29, 0.717) is 20.9 Å². The molecule has 166 valence electrons. The van der Waals surface area contributed by atoms with Crippen molar-refractivity contribution in [1.82, 2.24) is 4.98 Å². The number of aryl methyl sites for hydroxylation is 1. The lowest BCUT2D eigenvalue weighted by atomic mass is 9.98. The maximum Gasteiger partial charge on any atom is 0.296 e. The van der Waals surface area contributed by atoms with E-state index >= 15 is 0 Å². The Hall–Kier alpha value is -3.36. The number of methoxy groups -OCH3 is 1. The topological polar surface area (TPSA) is 92.9 Å². The number of rotatable bonds is 3. The maximum atomic E-state index is 13.6. The molecule has 0 spiro atoms. The minimum atomic E-state index is -0.868. The van der Waals surface area contributed by atoms with Gasteiger partial charge in [-0.25, -0.2) is 4.98 Å². The second kappa shape index (κ2) is 7.90. The first-order chi connectivity index (χ1) is 15.8. The number of aromatic nitrogens is 1. The second-order valence-electron chi connectivity index (χ2n) is 7.64. The number of pyridine rings is 1. The van der Waals surface area contributed by atoms with Gasteiger partial charge < -0.3 is 14.3 Å². The van der Waals surface area contributed by atoms with Crippen molar-refractivity contribution < 1.29 is 19.1 Å². The summed E-state index contributed by atoms with van der Waals surface area (Å²) < 4.78 is 11.6. The molecule has 7 nitrogen and oxygen atoms in total. The number of phenolic OH excluding ortho intramolecular Hbond substituents is 1. The number of ether oxygens (including phenoxy) is 1. The first-order valence-electron chi connectivity index (χ1n) is 9.89. The van der Waals surface area contributed by atoms with Gasteiger partial charge in [0.1, 0.15) is 11.4 Å². The van der Waals surface area contributed by atoms with E-state index in [4.69, 9.17) is 20.8 Å². The zero-order valence-corrected chi connectivity index (χ0v) is 19.8. The van der Waals surface area contributed by atoms with Gasteiger partial charge in [-0.05, 0) is 76.4 Å². The predicted octanol–water partition coefficient (Wildman–Crippen LogP) is 5.38. The fraction of sp³-hybridized carbons (Fsp3) is 0.125. The quantitative estimate of drug-likeness (QED) is 0.385.